The average molecular weight is 238 g/mol. The molecule has 17 heavy (non-hydrogen) atoms. The van der Waals surface area contributed by atoms with Gasteiger partial charge in [0.2, 0.25) is 0 Å². The van der Waals surface area contributed by atoms with Crippen LogP contribution in [0.5, 0.6) is 0 Å². The third kappa shape index (κ3) is 3.23. The summed E-state index contributed by atoms with van der Waals surface area (Å²) in [6.07, 6.45) is 7.03. The molecule has 2 rings (SSSR count). The van der Waals surface area contributed by atoms with Gasteiger partial charge in [-0.3, -0.25) is 4.90 Å². The average Bonchev–Trinajstić information content (AvgIpc) is 2.51. The molecule has 0 bridgehead atoms. The molecule has 0 radical (unpaired) electrons. The zero-order chi connectivity index (χ0) is 12.3. The quantitative estimate of drug-likeness (QED) is 0.810. The molecule has 0 aromatic rings. The summed E-state index contributed by atoms with van der Waals surface area (Å²) in [5.41, 5.74) is 0. The summed E-state index contributed by atoms with van der Waals surface area (Å²) < 4.78 is 0. The Morgan fingerprint density at radius 2 is 2.00 bits per heavy atom. The van der Waals surface area contributed by atoms with Gasteiger partial charge in [0.05, 0.1) is 0 Å². The van der Waals surface area contributed by atoms with Crippen molar-refractivity contribution in [2.24, 2.45) is 11.8 Å². The van der Waals surface area contributed by atoms with Gasteiger partial charge in [0.25, 0.3) is 0 Å². The number of nitrogens with one attached hydrogen (secondary N) is 1. The normalized spacial score (nSPS) is 31.6. The highest BCUT2D eigenvalue weighted by atomic mass is 15.2. The van der Waals surface area contributed by atoms with Gasteiger partial charge in [-0.15, -0.1) is 0 Å². The van der Waals surface area contributed by atoms with Crippen molar-refractivity contribution < 1.29 is 0 Å². The Bertz CT molecular complexity index is 225. The summed E-state index contributed by atoms with van der Waals surface area (Å²) in [7, 11) is 0. The first-order chi connectivity index (χ1) is 8.22. The molecule has 1 aliphatic carbocycles. The van der Waals surface area contributed by atoms with Gasteiger partial charge in [-0.05, 0) is 51.1 Å². The van der Waals surface area contributed by atoms with Crippen molar-refractivity contribution in [1.29, 1.82) is 0 Å². The van der Waals surface area contributed by atoms with E-state index < -0.39 is 0 Å². The lowest BCUT2D eigenvalue weighted by molar-refractivity contribution is 0.0998. The molecule has 0 aromatic carbocycles. The minimum Gasteiger partial charge on any atom is -0.312 e. The van der Waals surface area contributed by atoms with Crippen molar-refractivity contribution in [3.8, 4) is 0 Å². The molecule has 1 saturated heterocycles. The van der Waals surface area contributed by atoms with E-state index in [1.807, 2.05) is 0 Å². The Labute approximate surface area is 107 Å². The third-order valence-electron chi connectivity index (χ3n) is 5.20. The SMILES string of the molecule is CCC(C)C1CN(C(C)C2CCC2)CCCN1. The van der Waals surface area contributed by atoms with E-state index in [-0.39, 0.29) is 0 Å². The van der Waals surface area contributed by atoms with Crippen LogP contribution in [-0.4, -0.2) is 36.6 Å². The molecule has 1 aliphatic heterocycles. The highest BCUT2D eigenvalue weighted by Gasteiger charge is 2.31. The largest absolute Gasteiger partial charge is 0.312 e. The van der Waals surface area contributed by atoms with Crippen molar-refractivity contribution in [2.75, 3.05) is 19.6 Å². The van der Waals surface area contributed by atoms with Crippen LogP contribution in [0.2, 0.25) is 0 Å². The zero-order valence-corrected chi connectivity index (χ0v) is 11.9. The third-order valence-corrected chi connectivity index (χ3v) is 5.20. The van der Waals surface area contributed by atoms with Gasteiger partial charge in [0.1, 0.15) is 0 Å². The minimum atomic E-state index is 0.713. The zero-order valence-electron chi connectivity index (χ0n) is 11.9. The topological polar surface area (TPSA) is 15.3 Å². The van der Waals surface area contributed by atoms with E-state index in [9.17, 15) is 0 Å². The summed E-state index contributed by atoms with van der Waals surface area (Å²) >= 11 is 0. The standard InChI is InChI=1S/C15H30N2/c1-4-12(2)15-11-17(10-6-9-16-15)13(3)14-7-5-8-14/h12-16H,4-11H2,1-3H3. The van der Waals surface area contributed by atoms with Gasteiger partial charge in [0, 0.05) is 18.6 Å². The fourth-order valence-corrected chi connectivity index (χ4v) is 3.23. The van der Waals surface area contributed by atoms with Gasteiger partial charge in [-0.1, -0.05) is 26.7 Å². The van der Waals surface area contributed by atoms with E-state index in [1.54, 1.807) is 0 Å². The number of nitrogens with zero attached hydrogens (tertiary/aromatic N) is 1. The highest BCUT2D eigenvalue weighted by Crippen LogP contribution is 2.32. The predicted molar refractivity (Wildman–Crippen MR) is 74.2 cm³/mol. The van der Waals surface area contributed by atoms with Gasteiger partial charge in [0.15, 0.2) is 0 Å². The summed E-state index contributed by atoms with van der Waals surface area (Å²) in [4.78, 5) is 2.76. The molecule has 0 spiro atoms. The van der Waals surface area contributed by atoms with Crippen molar-refractivity contribution in [2.45, 2.75) is 65.0 Å². The maximum atomic E-state index is 3.75. The molecule has 2 fully saturated rings. The molecule has 1 saturated carbocycles. The van der Waals surface area contributed by atoms with Gasteiger partial charge < -0.3 is 5.32 Å². The fourth-order valence-electron chi connectivity index (χ4n) is 3.23. The van der Waals surface area contributed by atoms with Gasteiger partial charge in [-0.25, -0.2) is 0 Å². The Morgan fingerprint density at radius 3 is 2.59 bits per heavy atom. The molecule has 1 heterocycles. The van der Waals surface area contributed by atoms with Crippen molar-refractivity contribution >= 4 is 0 Å². The summed E-state index contributed by atoms with van der Waals surface area (Å²) in [5.74, 6) is 1.80. The Hall–Kier alpha value is -0.0800. The van der Waals surface area contributed by atoms with Crippen LogP contribution in [-0.2, 0) is 0 Å². The molecule has 2 nitrogen and oxygen atoms in total. The van der Waals surface area contributed by atoms with E-state index >= 15 is 0 Å². The summed E-state index contributed by atoms with van der Waals surface area (Å²) in [5, 5.41) is 3.75. The highest BCUT2D eigenvalue weighted by molar-refractivity contribution is 4.87. The first kappa shape index (κ1) is 13.4. The van der Waals surface area contributed by atoms with Crippen molar-refractivity contribution in [1.82, 2.24) is 10.2 Å². The van der Waals surface area contributed by atoms with Gasteiger partial charge >= 0.3 is 0 Å². The molecular weight excluding hydrogens is 208 g/mol. The monoisotopic (exact) mass is 238 g/mol. The van der Waals surface area contributed by atoms with Gasteiger partial charge in [-0.2, -0.15) is 0 Å². The molecule has 3 atom stereocenters. The maximum absolute atomic E-state index is 3.75. The maximum Gasteiger partial charge on any atom is 0.0220 e. The van der Waals surface area contributed by atoms with Crippen LogP contribution in [0.4, 0.5) is 0 Å². The van der Waals surface area contributed by atoms with Crippen LogP contribution in [0.25, 0.3) is 0 Å². The molecule has 2 heteroatoms. The molecule has 100 valence electrons. The molecule has 1 N–H and O–H groups in total. The fraction of sp³-hybridized carbons (Fsp3) is 1.00. The van der Waals surface area contributed by atoms with E-state index in [4.69, 9.17) is 0 Å². The van der Waals surface area contributed by atoms with Crippen LogP contribution < -0.4 is 5.32 Å². The van der Waals surface area contributed by atoms with Crippen LogP contribution in [0.3, 0.4) is 0 Å². The summed E-state index contributed by atoms with van der Waals surface area (Å²) in [6, 6.07) is 1.53. The van der Waals surface area contributed by atoms with Crippen molar-refractivity contribution in [3.05, 3.63) is 0 Å². The molecule has 0 amide bonds. The molecule has 3 unspecified atom stereocenters. The van der Waals surface area contributed by atoms with E-state index in [0.717, 1.165) is 17.9 Å². The Morgan fingerprint density at radius 1 is 1.24 bits per heavy atom. The molecule has 2 aliphatic rings. The van der Waals surface area contributed by atoms with Crippen LogP contribution in [0.15, 0.2) is 0 Å². The van der Waals surface area contributed by atoms with Crippen LogP contribution >= 0.6 is 0 Å². The Balaban J connectivity index is 1.91. The number of hydrogen-bond acceptors (Lipinski definition) is 2. The lowest BCUT2D eigenvalue weighted by Crippen LogP contribution is -2.47. The first-order valence-electron chi connectivity index (χ1n) is 7.69. The van der Waals surface area contributed by atoms with E-state index in [0.29, 0.717) is 6.04 Å². The van der Waals surface area contributed by atoms with E-state index in [2.05, 4.69) is 31.0 Å². The Kier molecular flexibility index (Phi) is 4.87. The van der Waals surface area contributed by atoms with Crippen molar-refractivity contribution in [3.63, 3.8) is 0 Å². The number of hydrogen-bond donors (Lipinski definition) is 1. The van der Waals surface area contributed by atoms with Crippen LogP contribution in [0, 0.1) is 11.8 Å². The predicted octanol–water partition coefficient (Wildman–Crippen LogP) is 2.89. The van der Waals surface area contributed by atoms with Crippen LogP contribution in [0.1, 0.15) is 52.9 Å². The summed E-state index contributed by atoms with van der Waals surface area (Å²) in [6.45, 7) is 11.0. The second-order valence-corrected chi connectivity index (χ2v) is 6.23. The first-order valence-corrected chi connectivity index (χ1v) is 7.69. The number of rotatable bonds is 4. The second-order valence-electron chi connectivity index (χ2n) is 6.23. The molecule has 0 aromatic heterocycles. The molecular formula is C15H30N2. The smallest absolute Gasteiger partial charge is 0.0220 e. The minimum absolute atomic E-state index is 0.713. The van der Waals surface area contributed by atoms with E-state index in [1.165, 1.54) is 51.7 Å². The second kappa shape index (κ2) is 6.19. The lowest BCUT2D eigenvalue weighted by atomic mass is 9.79. The lowest BCUT2D eigenvalue weighted by Gasteiger charge is -2.40.